The van der Waals surface area contributed by atoms with E-state index in [-0.39, 0.29) is 6.04 Å². The molecule has 0 saturated carbocycles. The summed E-state index contributed by atoms with van der Waals surface area (Å²) in [5.41, 5.74) is 7.71. The van der Waals surface area contributed by atoms with Gasteiger partial charge in [0.1, 0.15) is 5.75 Å². The van der Waals surface area contributed by atoms with Gasteiger partial charge in [-0.05, 0) is 50.6 Å². The zero-order valence-electron chi connectivity index (χ0n) is 9.82. The van der Waals surface area contributed by atoms with Crippen LogP contribution in [-0.4, -0.2) is 23.1 Å². The van der Waals surface area contributed by atoms with Gasteiger partial charge >= 0.3 is 0 Å². The van der Waals surface area contributed by atoms with Crippen molar-refractivity contribution in [2.45, 2.75) is 32.4 Å². The fourth-order valence-electron chi connectivity index (χ4n) is 2.39. The first-order valence-electron chi connectivity index (χ1n) is 5.98. The number of nitrogens with zero attached hydrogens (tertiary/aromatic N) is 1. The van der Waals surface area contributed by atoms with Crippen LogP contribution < -0.4 is 5.73 Å². The van der Waals surface area contributed by atoms with Crippen molar-refractivity contribution in [1.29, 1.82) is 0 Å². The van der Waals surface area contributed by atoms with Crippen molar-refractivity contribution in [1.82, 2.24) is 4.90 Å². The maximum atomic E-state index is 9.89. The smallest absolute Gasteiger partial charge is 0.120 e. The van der Waals surface area contributed by atoms with Gasteiger partial charge in [0.05, 0.1) is 0 Å². The first kappa shape index (κ1) is 11.4. The van der Waals surface area contributed by atoms with Gasteiger partial charge in [-0.1, -0.05) is 6.07 Å². The first-order chi connectivity index (χ1) is 7.72. The van der Waals surface area contributed by atoms with Gasteiger partial charge in [-0.2, -0.15) is 0 Å². The number of aromatic hydroxyl groups is 1. The molecule has 0 spiro atoms. The summed E-state index contributed by atoms with van der Waals surface area (Å²) in [6, 6.07) is 5.95. The van der Waals surface area contributed by atoms with E-state index < -0.39 is 0 Å². The van der Waals surface area contributed by atoms with E-state index in [2.05, 4.69) is 11.8 Å². The molecule has 0 amide bonds. The molecule has 88 valence electrons. The van der Waals surface area contributed by atoms with Crippen molar-refractivity contribution in [2.24, 2.45) is 5.73 Å². The Balaban J connectivity index is 2.23. The SMILES string of the molecule is CC(c1cc(CN)ccc1O)N1CCCC1. The Hall–Kier alpha value is -1.06. The molecule has 1 aliphatic heterocycles. The Labute approximate surface area is 96.9 Å². The van der Waals surface area contributed by atoms with Crippen molar-refractivity contribution in [3.8, 4) is 5.75 Å². The van der Waals surface area contributed by atoms with Crippen LogP contribution in [0, 0.1) is 0 Å². The molecule has 3 nitrogen and oxygen atoms in total. The molecule has 3 heteroatoms. The Morgan fingerprint density at radius 2 is 2.06 bits per heavy atom. The normalized spacial score (nSPS) is 18.9. The number of phenols is 1. The summed E-state index contributed by atoms with van der Waals surface area (Å²) < 4.78 is 0. The second-order valence-electron chi connectivity index (χ2n) is 4.52. The van der Waals surface area contributed by atoms with Crippen LogP contribution in [0.4, 0.5) is 0 Å². The summed E-state index contributed by atoms with van der Waals surface area (Å²) in [6.45, 7) is 4.95. The van der Waals surface area contributed by atoms with Crippen LogP contribution in [0.15, 0.2) is 18.2 Å². The van der Waals surface area contributed by atoms with E-state index in [1.54, 1.807) is 6.07 Å². The molecule has 1 heterocycles. The first-order valence-corrected chi connectivity index (χ1v) is 5.98. The predicted octanol–water partition coefficient (Wildman–Crippen LogP) is 2.01. The number of rotatable bonds is 3. The molecule has 1 unspecified atom stereocenters. The molecule has 0 aliphatic carbocycles. The van der Waals surface area contributed by atoms with E-state index in [1.807, 2.05) is 12.1 Å². The second kappa shape index (κ2) is 4.85. The molecule has 0 bridgehead atoms. The van der Waals surface area contributed by atoms with Crippen molar-refractivity contribution < 1.29 is 5.11 Å². The minimum Gasteiger partial charge on any atom is -0.508 e. The average molecular weight is 220 g/mol. The number of likely N-dealkylation sites (tertiary alicyclic amines) is 1. The molecule has 0 aromatic heterocycles. The summed E-state index contributed by atoms with van der Waals surface area (Å²) in [4.78, 5) is 2.41. The Kier molecular flexibility index (Phi) is 3.46. The number of hydrogen-bond donors (Lipinski definition) is 2. The van der Waals surface area contributed by atoms with Crippen molar-refractivity contribution >= 4 is 0 Å². The van der Waals surface area contributed by atoms with Crippen molar-refractivity contribution in [2.75, 3.05) is 13.1 Å². The molecule has 2 rings (SSSR count). The number of hydrogen-bond acceptors (Lipinski definition) is 3. The van der Waals surface area contributed by atoms with Gasteiger partial charge in [-0.3, -0.25) is 4.90 Å². The monoisotopic (exact) mass is 220 g/mol. The zero-order chi connectivity index (χ0) is 11.5. The van der Waals surface area contributed by atoms with Crippen LogP contribution in [0.1, 0.15) is 36.9 Å². The predicted molar refractivity (Wildman–Crippen MR) is 65.2 cm³/mol. The molecule has 1 atom stereocenters. The van der Waals surface area contributed by atoms with Crippen LogP contribution >= 0.6 is 0 Å². The summed E-state index contributed by atoms with van der Waals surface area (Å²) in [6.07, 6.45) is 2.53. The van der Waals surface area contributed by atoms with E-state index in [0.29, 0.717) is 12.3 Å². The Morgan fingerprint density at radius 3 is 2.69 bits per heavy atom. The highest BCUT2D eigenvalue weighted by Gasteiger charge is 2.21. The highest BCUT2D eigenvalue weighted by Crippen LogP contribution is 2.31. The summed E-state index contributed by atoms with van der Waals surface area (Å²) in [5, 5.41) is 9.89. The maximum absolute atomic E-state index is 9.89. The fraction of sp³-hybridized carbons (Fsp3) is 0.538. The molecule has 16 heavy (non-hydrogen) atoms. The van der Waals surface area contributed by atoms with Crippen molar-refractivity contribution in [3.63, 3.8) is 0 Å². The highest BCUT2D eigenvalue weighted by atomic mass is 16.3. The molecule has 1 aromatic carbocycles. The van der Waals surface area contributed by atoms with Gasteiger partial charge < -0.3 is 10.8 Å². The minimum atomic E-state index is 0.286. The fourth-order valence-corrected chi connectivity index (χ4v) is 2.39. The lowest BCUT2D eigenvalue weighted by Crippen LogP contribution is -2.23. The summed E-state index contributed by atoms with van der Waals surface area (Å²) >= 11 is 0. The standard InChI is InChI=1S/C13H20N2O/c1-10(15-6-2-3-7-15)12-8-11(9-14)4-5-13(12)16/h4-5,8,10,16H,2-3,6-7,9,14H2,1H3. The van der Waals surface area contributed by atoms with Gasteiger partial charge in [0.2, 0.25) is 0 Å². The van der Waals surface area contributed by atoms with Gasteiger partial charge in [-0.15, -0.1) is 0 Å². The topological polar surface area (TPSA) is 49.5 Å². The molecule has 1 fully saturated rings. The van der Waals surface area contributed by atoms with Crippen LogP contribution in [0.2, 0.25) is 0 Å². The molecule has 3 N–H and O–H groups in total. The van der Waals surface area contributed by atoms with Crippen LogP contribution in [0.25, 0.3) is 0 Å². The zero-order valence-corrected chi connectivity index (χ0v) is 9.82. The second-order valence-corrected chi connectivity index (χ2v) is 4.52. The molecular weight excluding hydrogens is 200 g/mol. The molecule has 0 radical (unpaired) electrons. The summed E-state index contributed by atoms with van der Waals surface area (Å²) in [7, 11) is 0. The summed E-state index contributed by atoms with van der Waals surface area (Å²) in [5.74, 6) is 0.386. The average Bonchev–Trinajstić information content (AvgIpc) is 2.82. The third-order valence-electron chi connectivity index (χ3n) is 3.47. The van der Waals surface area contributed by atoms with Gasteiger partial charge in [0.25, 0.3) is 0 Å². The van der Waals surface area contributed by atoms with E-state index in [0.717, 1.165) is 24.2 Å². The van der Waals surface area contributed by atoms with Gasteiger partial charge in [0, 0.05) is 18.2 Å². The van der Waals surface area contributed by atoms with Crippen LogP contribution in [0.5, 0.6) is 5.75 Å². The lowest BCUT2D eigenvalue weighted by molar-refractivity contribution is 0.257. The maximum Gasteiger partial charge on any atom is 0.120 e. The molecule has 1 saturated heterocycles. The number of benzene rings is 1. The van der Waals surface area contributed by atoms with E-state index in [4.69, 9.17) is 5.73 Å². The molecule has 1 aliphatic rings. The van der Waals surface area contributed by atoms with E-state index in [9.17, 15) is 5.11 Å². The van der Waals surface area contributed by atoms with Gasteiger partial charge in [-0.25, -0.2) is 0 Å². The third kappa shape index (κ3) is 2.20. The number of phenolic OH excluding ortho intramolecular Hbond substituents is 1. The lowest BCUT2D eigenvalue weighted by Gasteiger charge is -2.25. The third-order valence-corrected chi connectivity index (χ3v) is 3.47. The number of nitrogens with two attached hydrogens (primary N) is 1. The van der Waals surface area contributed by atoms with Crippen molar-refractivity contribution in [3.05, 3.63) is 29.3 Å². The van der Waals surface area contributed by atoms with Crippen LogP contribution in [-0.2, 0) is 6.54 Å². The van der Waals surface area contributed by atoms with E-state index >= 15 is 0 Å². The molecular formula is C13H20N2O. The quantitative estimate of drug-likeness (QED) is 0.819. The Morgan fingerprint density at radius 1 is 1.38 bits per heavy atom. The van der Waals surface area contributed by atoms with Crippen LogP contribution in [0.3, 0.4) is 0 Å². The Bertz CT molecular complexity index is 359. The largest absolute Gasteiger partial charge is 0.508 e. The highest BCUT2D eigenvalue weighted by molar-refractivity contribution is 5.38. The van der Waals surface area contributed by atoms with Gasteiger partial charge in [0.15, 0.2) is 0 Å². The minimum absolute atomic E-state index is 0.286. The lowest BCUT2D eigenvalue weighted by atomic mass is 10.0. The van der Waals surface area contributed by atoms with E-state index in [1.165, 1.54) is 12.8 Å². The molecule has 1 aromatic rings.